The molecule has 2 nitrogen and oxygen atoms in total. The number of carbonyl (C=O) groups excluding carboxylic acids is 1. The number of Topliss-reactive ketones (excluding diaryl/α,β-unsaturated/α-hetero) is 1. The lowest BCUT2D eigenvalue weighted by Gasteiger charge is -2.03. The highest BCUT2D eigenvalue weighted by molar-refractivity contribution is 9.10. The fourth-order valence-electron chi connectivity index (χ4n) is 2.20. The van der Waals surface area contributed by atoms with E-state index >= 15 is 0 Å². The third-order valence-corrected chi connectivity index (χ3v) is 3.67. The van der Waals surface area contributed by atoms with Gasteiger partial charge in [0.15, 0.2) is 5.78 Å². The monoisotopic (exact) mass is 293 g/mol. The van der Waals surface area contributed by atoms with E-state index in [1.165, 1.54) is 5.56 Å². The number of alkyl halides is 1. The highest BCUT2D eigenvalue weighted by Gasteiger charge is 2.21. The van der Waals surface area contributed by atoms with Crippen LogP contribution in [0, 0.1) is 13.8 Å². The van der Waals surface area contributed by atoms with Crippen LogP contribution in [0.4, 0.5) is 0 Å². The Morgan fingerprint density at radius 3 is 2.59 bits per heavy atom. The maximum Gasteiger partial charge on any atom is 0.178 e. The third kappa shape index (κ3) is 1.93. The maximum absolute atomic E-state index is 12.2. The second-order valence-electron chi connectivity index (χ2n) is 4.52. The lowest BCUT2D eigenvalue weighted by molar-refractivity contribution is 0.0996. The van der Waals surface area contributed by atoms with E-state index in [1.807, 2.05) is 27.8 Å². The predicted molar refractivity (Wildman–Crippen MR) is 75.1 cm³/mol. The molecule has 0 N–H and O–H groups in total. The lowest BCUT2D eigenvalue weighted by Crippen LogP contribution is -2.11. The number of hydrogen-bond donors (Lipinski definition) is 0. The van der Waals surface area contributed by atoms with Crippen LogP contribution in [0.5, 0.6) is 0 Å². The van der Waals surface area contributed by atoms with Gasteiger partial charge in [-0.25, -0.2) is 0 Å². The van der Waals surface area contributed by atoms with Crippen LogP contribution in [0.15, 0.2) is 18.2 Å². The molecule has 2 rings (SSSR count). The number of hydrogen-bond acceptors (Lipinski definition) is 1. The number of aryl methyl sites for hydroxylation is 2. The Hall–Kier alpha value is -1.09. The predicted octanol–water partition coefficient (Wildman–Crippen LogP) is 3.76. The van der Waals surface area contributed by atoms with Crippen LogP contribution in [0.25, 0.3) is 10.9 Å². The molecule has 0 bridgehead atoms. The molecule has 0 saturated heterocycles. The standard InChI is InChI=1S/C14H16BrNO/c1-8-5-6-12-11(7-8)13(10(3)16(12)4)14(17)9(2)15/h5-7,9H,1-4H3/t9-/m0/s1. The zero-order chi connectivity index (χ0) is 12.7. The Kier molecular flexibility index (Phi) is 3.13. The van der Waals surface area contributed by atoms with E-state index in [0.717, 1.165) is 22.2 Å². The van der Waals surface area contributed by atoms with Gasteiger partial charge in [-0.1, -0.05) is 27.6 Å². The summed E-state index contributed by atoms with van der Waals surface area (Å²) in [6.45, 7) is 5.92. The largest absolute Gasteiger partial charge is 0.347 e. The van der Waals surface area contributed by atoms with Gasteiger partial charge in [0.2, 0.25) is 0 Å². The van der Waals surface area contributed by atoms with Gasteiger partial charge in [0, 0.05) is 29.2 Å². The molecule has 1 aromatic carbocycles. The molecule has 1 heterocycles. The third-order valence-electron chi connectivity index (χ3n) is 3.26. The number of fused-ring (bicyclic) bond motifs is 1. The molecule has 1 atom stereocenters. The van der Waals surface area contributed by atoms with Crippen molar-refractivity contribution in [2.24, 2.45) is 7.05 Å². The molecular formula is C14H16BrNO. The van der Waals surface area contributed by atoms with Crippen molar-refractivity contribution < 1.29 is 4.79 Å². The van der Waals surface area contributed by atoms with Crippen molar-refractivity contribution in [3.05, 3.63) is 35.0 Å². The van der Waals surface area contributed by atoms with Crippen LogP contribution >= 0.6 is 15.9 Å². The number of ketones is 1. The number of rotatable bonds is 2. The molecular weight excluding hydrogens is 278 g/mol. The highest BCUT2D eigenvalue weighted by Crippen LogP contribution is 2.28. The number of halogens is 1. The Morgan fingerprint density at radius 2 is 2.00 bits per heavy atom. The molecule has 0 fully saturated rings. The number of nitrogens with zero attached hydrogens (tertiary/aromatic N) is 1. The van der Waals surface area contributed by atoms with E-state index < -0.39 is 0 Å². The Bertz CT molecular complexity index is 596. The first-order chi connectivity index (χ1) is 7.93. The average molecular weight is 294 g/mol. The lowest BCUT2D eigenvalue weighted by atomic mass is 10.0. The molecule has 0 saturated carbocycles. The molecule has 0 aliphatic carbocycles. The first kappa shape index (κ1) is 12.4. The maximum atomic E-state index is 12.2. The number of aromatic nitrogens is 1. The van der Waals surface area contributed by atoms with Crippen LogP contribution in [-0.2, 0) is 7.05 Å². The minimum absolute atomic E-state index is 0.146. The van der Waals surface area contributed by atoms with E-state index in [-0.39, 0.29) is 10.6 Å². The van der Waals surface area contributed by atoms with Crippen LogP contribution in [-0.4, -0.2) is 15.2 Å². The molecule has 1 aromatic heterocycles. The SMILES string of the molecule is Cc1ccc2c(c1)c(C(=O)[C@H](C)Br)c(C)n2C. The summed E-state index contributed by atoms with van der Waals surface area (Å²) in [6, 6.07) is 6.24. The summed E-state index contributed by atoms with van der Waals surface area (Å²) in [5.41, 5.74) is 4.17. The van der Waals surface area contributed by atoms with Gasteiger partial charge in [-0.2, -0.15) is 0 Å². The number of carbonyl (C=O) groups is 1. The van der Waals surface area contributed by atoms with Crippen molar-refractivity contribution in [3.63, 3.8) is 0 Å². The minimum Gasteiger partial charge on any atom is -0.347 e. The second kappa shape index (κ2) is 4.30. The van der Waals surface area contributed by atoms with E-state index in [2.05, 4.69) is 38.7 Å². The summed E-state index contributed by atoms with van der Waals surface area (Å²) >= 11 is 3.37. The van der Waals surface area contributed by atoms with E-state index in [4.69, 9.17) is 0 Å². The van der Waals surface area contributed by atoms with Gasteiger partial charge < -0.3 is 4.57 Å². The van der Waals surface area contributed by atoms with Crippen molar-refractivity contribution in [1.29, 1.82) is 0 Å². The van der Waals surface area contributed by atoms with Gasteiger partial charge in [0.25, 0.3) is 0 Å². The zero-order valence-corrected chi connectivity index (χ0v) is 12.1. The fourth-order valence-corrected chi connectivity index (χ4v) is 2.42. The minimum atomic E-state index is -0.146. The van der Waals surface area contributed by atoms with Gasteiger partial charge in [0.05, 0.1) is 4.83 Å². The summed E-state index contributed by atoms with van der Waals surface area (Å²) in [4.78, 5) is 12.1. The Labute approximate surface area is 110 Å². The molecule has 17 heavy (non-hydrogen) atoms. The summed E-state index contributed by atoms with van der Waals surface area (Å²) in [6.07, 6.45) is 0. The first-order valence-electron chi connectivity index (χ1n) is 5.67. The summed E-state index contributed by atoms with van der Waals surface area (Å²) in [5, 5.41) is 1.06. The van der Waals surface area contributed by atoms with Crippen molar-refractivity contribution in [2.45, 2.75) is 25.6 Å². The van der Waals surface area contributed by atoms with E-state index in [9.17, 15) is 4.79 Å². The van der Waals surface area contributed by atoms with E-state index in [0.29, 0.717) is 0 Å². The van der Waals surface area contributed by atoms with E-state index in [1.54, 1.807) is 0 Å². The van der Waals surface area contributed by atoms with Crippen LogP contribution in [0.3, 0.4) is 0 Å². The van der Waals surface area contributed by atoms with Crippen molar-refractivity contribution >= 4 is 32.6 Å². The quantitative estimate of drug-likeness (QED) is 0.610. The molecule has 0 unspecified atom stereocenters. The Balaban J connectivity index is 2.82. The smallest absolute Gasteiger partial charge is 0.178 e. The van der Waals surface area contributed by atoms with Gasteiger partial charge >= 0.3 is 0 Å². The molecule has 2 aromatic rings. The second-order valence-corrected chi connectivity index (χ2v) is 5.89. The van der Waals surface area contributed by atoms with Crippen molar-refractivity contribution in [2.75, 3.05) is 0 Å². The molecule has 0 aliphatic heterocycles. The summed E-state index contributed by atoms with van der Waals surface area (Å²) in [5.74, 6) is 0.152. The van der Waals surface area contributed by atoms with Gasteiger partial charge in [-0.15, -0.1) is 0 Å². The molecule has 3 heteroatoms. The van der Waals surface area contributed by atoms with Gasteiger partial charge in [-0.05, 0) is 32.9 Å². The highest BCUT2D eigenvalue weighted by atomic mass is 79.9. The van der Waals surface area contributed by atoms with Gasteiger partial charge in [-0.3, -0.25) is 4.79 Å². The molecule has 0 spiro atoms. The number of benzene rings is 1. The molecule has 0 radical (unpaired) electrons. The average Bonchev–Trinajstić information content (AvgIpc) is 2.50. The molecule has 0 aliphatic rings. The summed E-state index contributed by atoms with van der Waals surface area (Å²) in [7, 11) is 2.00. The molecule has 90 valence electrons. The molecule has 0 amide bonds. The van der Waals surface area contributed by atoms with Crippen molar-refractivity contribution in [3.8, 4) is 0 Å². The fraction of sp³-hybridized carbons (Fsp3) is 0.357. The normalized spacial score (nSPS) is 13.0. The topological polar surface area (TPSA) is 22.0 Å². The first-order valence-corrected chi connectivity index (χ1v) is 6.59. The van der Waals surface area contributed by atoms with Crippen LogP contribution in [0.2, 0.25) is 0 Å². The van der Waals surface area contributed by atoms with Crippen molar-refractivity contribution in [1.82, 2.24) is 4.57 Å². The Morgan fingerprint density at radius 1 is 1.35 bits per heavy atom. The van der Waals surface area contributed by atoms with Gasteiger partial charge in [0.1, 0.15) is 0 Å². The van der Waals surface area contributed by atoms with Crippen LogP contribution < -0.4 is 0 Å². The summed E-state index contributed by atoms with van der Waals surface area (Å²) < 4.78 is 2.08. The zero-order valence-electron chi connectivity index (χ0n) is 10.5. The van der Waals surface area contributed by atoms with Crippen LogP contribution in [0.1, 0.15) is 28.5 Å².